The van der Waals surface area contributed by atoms with Crippen molar-refractivity contribution in [2.75, 3.05) is 19.6 Å². The van der Waals surface area contributed by atoms with Crippen LogP contribution in [0.25, 0.3) is 0 Å². The van der Waals surface area contributed by atoms with Crippen molar-refractivity contribution in [3.63, 3.8) is 0 Å². The summed E-state index contributed by atoms with van der Waals surface area (Å²) >= 11 is 0. The molecule has 25 heavy (non-hydrogen) atoms. The molecule has 0 spiro atoms. The first-order chi connectivity index (χ1) is 12.2. The molecule has 2 heterocycles. The monoisotopic (exact) mass is 347 g/mol. The van der Waals surface area contributed by atoms with E-state index >= 15 is 0 Å². The molecule has 1 aliphatic heterocycles. The molecule has 7 heteroatoms. The van der Waals surface area contributed by atoms with Crippen LogP contribution in [0.15, 0.2) is 4.52 Å². The summed E-state index contributed by atoms with van der Waals surface area (Å²) in [6.45, 7) is 5.23. The van der Waals surface area contributed by atoms with Gasteiger partial charge in [-0.3, -0.25) is 9.69 Å². The maximum absolute atomic E-state index is 12.1. The Kier molecular flexibility index (Phi) is 5.03. The summed E-state index contributed by atoms with van der Waals surface area (Å²) in [6, 6.07) is 0.668. The van der Waals surface area contributed by atoms with E-state index in [0.717, 1.165) is 44.2 Å². The zero-order chi connectivity index (χ0) is 17.2. The van der Waals surface area contributed by atoms with Gasteiger partial charge in [-0.25, -0.2) is 0 Å². The van der Waals surface area contributed by atoms with Crippen LogP contribution in [-0.2, 0) is 11.3 Å². The average molecular weight is 347 g/mol. The molecule has 1 saturated heterocycles. The lowest BCUT2D eigenvalue weighted by Crippen LogP contribution is -2.49. The minimum absolute atomic E-state index is 0.115. The highest BCUT2D eigenvalue weighted by molar-refractivity contribution is 5.78. The van der Waals surface area contributed by atoms with Crippen molar-refractivity contribution in [3.05, 3.63) is 11.7 Å². The maximum Gasteiger partial charge on any atom is 0.234 e. The molecule has 3 aliphatic rings. The normalized spacial score (nSPS) is 25.7. The fraction of sp³-hybridized carbons (Fsp3) is 0.833. The number of carbonyl (C=O) groups is 1. The van der Waals surface area contributed by atoms with Gasteiger partial charge in [0.2, 0.25) is 11.8 Å². The summed E-state index contributed by atoms with van der Waals surface area (Å²) < 4.78 is 5.34. The van der Waals surface area contributed by atoms with E-state index in [1.54, 1.807) is 0 Å². The van der Waals surface area contributed by atoms with Crippen LogP contribution in [0.5, 0.6) is 0 Å². The van der Waals surface area contributed by atoms with Gasteiger partial charge in [-0.1, -0.05) is 5.16 Å². The van der Waals surface area contributed by atoms with E-state index in [0.29, 0.717) is 30.5 Å². The summed E-state index contributed by atoms with van der Waals surface area (Å²) in [4.78, 5) is 18.9. The molecule has 0 bridgehead atoms. The Morgan fingerprint density at radius 2 is 2.16 bits per heavy atom. The van der Waals surface area contributed by atoms with Gasteiger partial charge in [0, 0.05) is 24.5 Å². The van der Waals surface area contributed by atoms with Gasteiger partial charge < -0.3 is 15.2 Å². The molecule has 2 saturated carbocycles. The smallest absolute Gasteiger partial charge is 0.234 e. The van der Waals surface area contributed by atoms with Gasteiger partial charge in [0.05, 0.1) is 13.1 Å². The van der Waals surface area contributed by atoms with Crippen molar-refractivity contribution in [3.8, 4) is 0 Å². The van der Waals surface area contributed by atoms with E-state index in [2.05, 4.69) is 32.6 Å². The predicted octanol–water partition coefficient (Wildman–Crippen LogP) is 1.42. The molecule has 1 amide bonds. The summed E-state index contributed by atoms with van der Waals surface area (Å²) in [5.41, 5.74) is 0. The largest absolute Gasteiger partial charge is 0.352 e. The molecule has 3 fully saturated rings. The lowest BCUT2D eigenvalue weighted by molar-refractivity contribution is -0.121. The highest BCUT2D eigenvalue weighted by Gasteiger charge is 2.31. The molecule has 1 aromatic heterocycles. The Balaban J connectivity index is 1.19. The van der Waals surface area contributed by atoms with Crippen molar-refractivity contribution >= 4 is 5.91 Å². The third kappa shape index (κ3) is 4.79. The summed E-state index contributed by atoms with van der Waals surface area (Å²) in [6.07, 6.45) is 7.11. The van der Waals surface area contributed by atoms with Crippen LogP contribution in [0.1, 0.15) is 63.1 Å². The van der Waals surface area contributed by atoms with Gasteiger partial charge in [-0.05, 0) is 57.9 Å². The van der Waals surface area contributed by atoms with Crippen LogP contribution < -0.4 is 10.6 Å². The third-order valence-corrected chi connectivity index (χ3v) is 5.55. The minimum atomic E-state index is 0.115. The van der Waals surface area contributed by atoms with Crippen LogP contribution in [0.3, 0.4) is 0 Å². The second kappa shape index (κ2) is 7.41. The van der Waals surface area contributed by atoms with Crippen LogP contribution in [0.2, 0.25) is 0 Å². The number of nitrogens with one attached hydrogen (secondary N) is 2. The van der Waals surface area contributed by atoms with E-state index in [9.17, 15) is 4.79 Å². The zero-order valence-corrected chi connectivity index (χ0v) is 15.0. The van der Waals surface area contributed by atoms with Crippen LogP contribution in [0, 0.1) is 5.92 Å². The van der Waals surface area contributed by atoms with Gasteiger partial charge in [0.15, 0.2) is 5.82 Å². The molecule has 0 radical (unpaired) electrons. The Labute approximate surface area is 148 Å². The zero-order valence-electron chi connectivity index (χ0n) is 15.0. The summed E-state index contributed by atoms with van der Waals surface area (Å²) in [7, 11) is 0. The number of aromatic nitrogens is 2. The Hall–Kier alpha value is -1.47. The Bertz CT molecular complexity index is 596. The Morgan fingerprint density at radius 1 is 1.32 bits per heavy atom. The fourth-order valence-corrected chi connectivity index (χ4v) is 3.65. The second-order valence-corrected chi connectivity index (χ2v) is 7.97. The van der Waals surface area contributed by atoms with E-state index in [1.807, 2.05) is 0 Å². The van der Waals surface area contributed by atoms with E-state index in [-0.39, 0.29) is 5.91 Å². The fourth-order valence-electron chi connectivity index (χ4n) is 3.65. The van der Waals surface area contributed by atoms with Crippen molar-refractivity contribution in [1.29, 1.82) is 0 Å². The van der Waals surface area contributed by atoms with Crippen molar-refractivity contribution in [2.45, 2.75) is 70.0 Å². The lowest BCUT2D eigenvalue weighted by Gasteiger charge is -2.32. The van der Waals surface area contributed by atoms with Gasteiger partial charge in [0.1, 0.15) is 0 Å². The molecule has 2 aliphatic carbocycles. The molecule has 2 N–H and O–H groups in total. The second-order valence-electron chi connectivity index (χ2n) is 7.97. The first kappa shape index (κ1) is 17.0. The quantitative estimate of drug-likeness (QED) is 0.740. The van der Waals surface area contributed by atoms with Gasteiger partial charge in [-0.2, -0.15) is 4.98 Å². The minimum Gasteiger partial charge on any atom is -0.352 e. The van der Waals surface area contributed by atoms with E-state index in [1.165, 1.54) is 25.7 Å². The highest BCUT2D eigenvalue weighted by atomic mass is 16.5. The number of hydrogen-bond donors (Lipinski definition) is 2. The highest BCUT2D eigenvalue weighted by Crippen LogP contribution is 2.38. The Morgan fingerprint density at radius 3 is 2.92 bits per heavy atom. The first-order valence-electron chi connectivity index (χ1n) is 9.75. The number of piperidine rings is 1. The van der Waals surface area contributed by atoms with Crippen molar-refractivity contribution < 1.29 is 9.32 Å². The van der Waals surface area contributed by atoms with Gasteiger partial charge >= 0.3 is 0 Å². The lowest BCUT2D eigenvalue weighted by atomic mass is 10.1. The molecule has 4 rings (SSSR count). The van der Waals surface area contributed by atoms with Crippen molar-refractivity contribution in [2.24, 2.45) is 5.92 Å². The number of amides is 1. The molecule has 7 nitrogen and oxygen atoms in total. The number of likely N-dealkylation sites (tertiary alicyclic amines) is 1. The van der Waals surface area contributed by atoms with Crippen molar-refractivity contribution in [1.82, 2.24) is 25.7 Å². The topological polar surface area (TPSA) is 83.3 Å². The number of carbonyl (C=O) groups excluding carboxylic acids is 1. The summed E-state index contributed by atoms with van der Waals surface area (Å²) in [5.74, 6) is 2.92. The van der Waals surface area contributed by atoms with Gasteiger partial charge in [0.25, 0.3) is 0 Å². The van der Waals surface area contributed by atoms with E-state index in [4.69, 9.17) is 4.52 Å². The number of hydrogen-bond acceptors (Lipinski definition) is 6. The molecule has 138 valence electrons. The van der Waals surface area contributed by atoms with Crippen LogP contribution in [-0.4, -0.2) is 52.7 Å². The molecular weight excluding hydrogens is 318 g/mol. The molecular formula is C18H29N5O2. The third-order valence-electron chi connectivity index (χ3n) is 5.55. The maximum atomic E-state index is 12.1. The predicted molar refractivity (Wildman–Crippen MR) is 92.9 cm³/mol. The number of nitrogens with zero attached hydrogens (tertiary/aromatic N) is 3. The molecule has 1 aromatic rings. The summed E-state index contributed by atoms with van der Waals surface area (Å²) in [5, 5.41) is 10.6. The molecule has 2 atom stereocenters. The molecule has 0 unspecified atom stereocenters. The first-order valence-corrected chi connectivity index (χ1v) is 9.75. The standard InChI is InChI=1S/C18H29N5O2/c1-12(13-4-5-13)20-17(24)9-19-15-3-2-8-23(10-15)11-16-21-18(25-22-16)14-6-7-14/h12-15,19H,2-11H2,1H3,(H,20,24)/t12-,15+/m0/s1. The van der Waals surface area contributed by atoms with Gasteiger partial charge in [-0.15, -0.1) is 0 Å². The number of rotatable bonds is 8. The molecule has 0 aromatic carbocycles. The van der Waals surface area contributed by atoms with Crippen LogP contribution in [0.4, 0.5) is 0 Å². The SMILES string of the molecule is C[C@H](NC(=O)CN[C@@H]1CCCN(Cc2noc(C3CC3)n2)C1)C1CC1. The van der Waals surface area contributed by atoms with E-state index < -0.39 is 0 Å². The average Bonchev–Trinajstić information content (AvgIpc) is 3.52. The van der Waals surface area contributed by atoms with Crippen LogP contribution >= 0.6 is 0 Å².